The number of halogens is 1. The molecule has 0 saturated carbocycles. The first-order chi connectivity index (χ1) is 13.2. The number of anilines is 1. The number of fused-ring (bicyclic) bond motifs is 1. The van der Waals surface area contributed by atoms with Gasteiger partial charge in [0, 0.05) is 5.69 Å². The van der Waals surface area contributed by atoms with E-state index >= 15 is 0 Å². The van der Waals surface area contributed by atoms with Crippen LogP contribution >= 0.6 is 0 Å². The molecule has 6 nitrogen and oxygen atoms in total. The Morgan fingerprint density at radius 1 is 0.963 bits per heavy atom. The number of benzene rings is 3. The van der Waals surface area contributed by atoms with Crippen LogP contribution in [-0.4, -0.2) is 27.5 Å². The van der Waals surface area contributed by atoms with Crippen molar-refractivity contribution in [2.45, 2.75) is 0 Å². The number of carbonyl (C=O) groups is 1. The van der Waals surface area contributed by atoms with Crippen molar-refractivity contribution in [3.8, 4) is 11.4 Å². The first-order valence-electron chi connectivity index (χ1n) is 8.28. The number of rotatable bonds is 5. The zero-order chi connectivity index (χ0) is 18.6. The molecule has 134 valence electrons. The van der Waals surface area contributed by atoms with Gasteiger partial charge in [0.2, 0.25) is 0 Å². The Morgan fingerprint density at radius 3 is 2.48 bits per heavy atom. The molecule has 0 aliphatic rings. The van der Waals surface area contributed by atoms with Gasteiger partial charge in [-0.3, -0.25) is 4.79 Å². The number of ether oxygens (including phenoxy) is 1. The number of nitrogens with one attached hydrogen (secondary N) is 1. The van der Waals surface area contributed by atoms with Crippen LogP contribution in [0.2, 0.25) is 0 Å². The Kier molecular flexibility index (Phi) is 4.49. The van der Waals surface area contributed by atoms with Crippen LogP contribution in [0.1, 0.15) is 0 Å². The van der Waals surface area contributed by atoms with E-state index < -0.39 is 0 Å². The van der Waals surface area contributed by atoms with Gasteiger partial charge in [-0.25, -0.2) is 4.39 Å². The van der Waals surface area contributed by atoms with Crippen molar-refractivity contribution >= 4 is 22.6 Å². The van der Waals surface area contributed by atoms with Gasteiger partial charge in [-0.15, -0.1) is 10.2 Å². The van der Waals surface area contributed by atoms with Crippen molar-refractivity contribution in [2.24, 2.45) is 0 Å². The molecule has 0 radical (unpaired) electrons. The molecule has 4 aromatic rings. The monoisotopic (exact) mass is 362 g/mol. The standard InChI is InChI=1S/C20H15FN4O2/c21-14-6-9-16(10-7-14)25-23-18-11-8-15(12-19(18)24-25)22-20(26)13-27-17-4-2-1-3-5-17/h1-12H,13H2,(H,22,26). The summed E-state index contributed by atoms with van der Waals surface area (Å²) < 4.78 is 18.5. The summed E-state index contributed by atoms with van der Waals surface area (Å²) in [5.41, 5.74) is 2.52. The topological polar surface area (TPSA) is 69.0 Å². The third kappa shape index (κ3) is 3.92. The number of nitrogens with zero attached hydrogens (tertiary/aromatic N) is 3. The molecular formula is C20H15FN4O2. The van der Waals surface area contributed by atoms with Crippen LogP contribution in [0.15, 0.2) is 72.8 Å². The van der Waals surface area contributed by atoms with Gasteiger partial charge in [-0.2, -0.15) is 4.80 Å². The minimum absolute atomic E-state index is 0.0929. The fourth-order valence-corrected chi connectivity index (χ4v) is 2.54. The lowest BCUT2D eigenvalue weighted by atomic mass is 10.3. The molecule has 0 aliphatic heterocycles. The Labute approximate surface area is 154 Å². The smallest absolute Gasteiger partial charge is 0.262 e. The van der Waals surface area contributed by atoms with E-state index in [0.29, 0.717) is 28.2 Å². The first kappa shape index (κ1) is 16.7. The molecule has 0 bridgehead atoms. The largest absolute Gasteiger partial charge is 0.484 e. The van der Waals surface area contributed by atoms with Gasteiger partial charge >= 0.3 is 0 Å². The minimum Gasteiger partial charge on any atom is -0.484 e. The van der Waals surface area contributed by atoms with Crippen molar-refractivity contribution in [3.05, 3.63) is 78.6 Å². The fourth-order valence-electron chi connectivity index (χ4n) is 2.54. The third-order valence-electron chi connectivity index (χ3n) is 3.83. The predicted octanol–water partition coefficient (Wildman–Crippen LogP) is 3.58. The van der Waals surface area contributed by atoms with Crippen LogP contribution in [0.5, 0.6) is 5.75 Å². The van der Waals surface area contributed by atoms with E-state index in [1.165, 1.54) is 16.9 Å². The molecular weight excluding hydrogens is 347 g/mol. The third-order valence-corrected chi connectivity index (χ3v) is 3.83. The highest BCUT2D eigenvalue weighted by Gasteiger charge is 2.08. The Balaban J connectivity index is 1.46. The summed E-state index contributed by atoms with van der Waals surface area (Å²) in [5, 5.41) is 11.5. The van der Waals surface area contributed by atoms with E-state index in [2.05, 4.69) is 15.5 Å². The van der Waals surface area contributed by atoms with E-state index in [0.717, 1.165) is 0 Å². The Morgan fingerprint density at radius 2 is 1.70 bits per heavy atom. The van der Waals surface area contributed by atoms with Crippen LogP contribution in [0.25, 0.3) is 16.7 Å². The summed E-state index contributed by atoms with van der Waals surface area (Å²) in [4.78, 5) is 13.5. The highest BCUT2D eigenvalue weighted by molar-refractivity contribution is 5.93. The zero-order valence-electron chi connectivity index (χ0n) is 14.2. The van der Waals surface area contributed by atoms with E-state index in [4.69, 9.17) is 4.74 Å². The first-order valence-corrected chi connectivity index (χ1v) is 8.28. The second-order valence-corrected chi connectivity index (χ2v) is 5.82. The Bertz CT molecular complexity index is 1080. The molecule has 7 heteroatoms. The lowest BCUT2D eigenvalue weighted by Gasteiger charge is -2.07. The second-order valence-electron chi connectivity index (χ2n) is 5.82. The predicted molar refractivity (Wildman–Crippen MR) is 99.4 cm³/mol. The number of carbonyl (C=O) groups excluding carboxylic acids is 1. The van der Waals surface area contributed by atoms with E-state index in [9.17, 15) is 9.18 Å². The van der Waals surface area contributed by atoms with E-state index in [-0.39, 0.29) is 18.3 Å². The molecule has 1 N–H and O–H groups in total. The molecule has 1 heterocycles. The van der Waals surface area contributed by atoms with Crippen LogP contribution in [0.4, 0.5) is 10.1 Å². The van der Waals surface area contributed by atoms with Crippen LogP contribution < -0.4 is 10.1 Å². The number of hydrogen-bond donors (Lipinski definition) is 1. The van der Waals surface area contributed by atoms with Crippen LogP contribution in [0.3, 0.4) is 0 Å². The summed E-state index contributed by atoms with van der Waals surface area (Å²) >= 11 is 0. The van der Waals surface area contributed by atoms with Gasteiger partial charge in [-0.1, -0.05) is 18.2 Å². The maximum Gasteiger partial charge on any atom is 0.262 e. The molecule has 27 heavy (non-hydrogen) atoms. The number of amides is 1. The molecule has 3 aromatic carbocycles. The van der Waals surface area contributed by atoms with Crippen LogP contribution in [-0.2, 0) is 4.79 Å². The maximum absolute atomic E-state index is 13.1. The van der Waals surface area contributed by atoms with Gasteiger partial charge < -0.3 is 10.1 Å². The summed E-state index contributed by atoms with van der Waals surface area (Å²) in [6.07, 6.45) is 0. The second kappa shape index (κ2) is 7.25. The van der Waals surface area contributed by atoms with Crippen molar-refractivity contribution in [1.82, 2.24) is 15.0 Å². The molecule has 0 aliphatic carbocycles. The van der Waals surface area contributed by atoms with Gasteiger partial charge in [0.25, 0.3) is 5.91 Å². The van der Waals surface area contributed by atoms with Crippen molar-refractivity contribution in [1.29, 1.82) is 0 Å². The molecule has 0 spiro atoms. The minimum atomic E-state index is -0.321. The normalized spacial score (nSPS) is 10.7. The van der Waals surface area contributed by atoms with Crippen molar-refractivity contribution < 1.29 is 13.9 Å². The lowest BCUT2D eigenvalue weighted by molar-refractivity contribution is -0.118. The quantitative estimate of drug-likeness (QED) is 0.589. The molecule has 0 atom stereocenters. The van der Waals surface area contributed by atoms with E-state index in [1.807, 2.05) is 18.2 Å². The molecule has 1 amide bonds. The van der Waals surface area contributed by atoms with Gasteiger partial charge in [0.15, 0.2) is 6.61 Å². The fraction of sp³-hybridized carbons (Fsp3) is 0.0500. The number of aromatic nitrogens is 3. The highest BCUT2D eigenvalue weighted by Crippen LogP contribution is 2.18. The summed E-state index contributed by atoms with van der Waals surface area (Å²) in [6.45, 7) is -0.0929. The van der Waals surface area contributed by atoms with Gasteiger partial charge in [0.05, 0.1) is 5.69 Å². The summed E-state index contributed by atoms with van der Waals surface area (Å²) in [5.74, 6) is 0.0349. The van der Waals surface area contributed by atoms with Gasteiger partial charge in [-0.05, 0) is 54.6 Å². The van der Waals surface area contributed by atoms with E-state index in [1.54, 1.807) is 42.5 Å². The number of para-hydroxylation sites is 1. The average molecular weight is 362 g/mol. The Hall–Kier alpha value is -3.74. The molecule has 4 rings (SSSR count). The highest BCUT2D eigenvalue weighted by atomic mass is 19.1. The average Bonchev–Trinajstić information content (AvgIpc) is 3.11. The number of hydrogen-bond acceptors (Lipinski definition) is 4. The molecule has 0 fully saturated rings. The molecule has 0 saturated heterocycles. The SMILES string of the molecule is O=C(COc1ccccc1)Nc1ccc2nn(-c3ccc(F)cc3)nc2c1. The molecule has 1 aromatic heterocycles. The lowest BCUT2D eigenvalue weighted by Crippen LogP contribution is -2.20. The zero-order valence-corrected chi connectivity index (χ0v) is 14.2. The summed E-state index contributed by atoms with van der Waals surface area (Å²) in [6, 6.07) is 20.2. The van der Waals surface area contributed by atoms with Gasteiger partial charge in [0.1, 0.15) is 22.6 Å². The van der Waals surface area contributed by atoms with Crippen LogP contribution in [0, 0.1) is 5.82 Å². The molecule has 0 unspecified atom stereocenters. The summed E-state index contributed by atoms with van der Waals surface area (Å²) in [7, 11) is 0. The van der Waals surface area contributed by atoms with Crippen molar-refractivity contribution in [2.75, 3.05) is 11.9 Å². The maximum atomic E-state index is 13.1. The van der Waals surface area contributed by atoms with Crippen molar-refractivity contribution in [3.63, 3.8) is 0 Å².